The SMILES string of the molecule is c1ccc(-c2nc3cc4c(cc3s2)sc2c(N(c3ccc(-c5cccc6ccccc56)cc3)c3ccc(-c5cccc6ccccc56)cc3)cccc24)cc1. The van der Waals surface area contributed by atoms with E-state index in [1.807, 2.05) is 11.3 Å². The van der Waals surface area contributed by atoms with Crippen LogP contribution in [0.3, 0.4) is 0 Å². The number of hydrogen-bond donors (Lipinski definition) is 0. The molecular weight excluding hydrogens is 705 g/mol. The first-order valence-electron chi connectivity index (χ1n) is 18.5. The molecule has 9 aromatic carbocycles. The number of nitrogens with zero attached hydrogens (tertiary/aromatic N) is 2. The Hall–Kier alpha value is -6.59. The highest BCUT2D eigenvalue weighted by Crippen LogP contribution is 2.47. The van der Waals surface area contributed by atoms with Crippen molar-refractivity contribution in [1.82, 2.24) is 4.98 Å². The Morgan fingerprint density at radius 2 is 0.927 bits per heavy atom. The van der Waals surface area contributed by atoms with Crippen molar-refractivity contribution in [2.24, 2.45) is 0 Å². The van der Waals surface area contributed by atoms with Gasteiger partial charge in [-0.05, 0) is 86.3 Å². The first-order chi connectivity index (χ1) is 27.2. The second-order valence-corrected chi connectivity index (χ2v) is 16.0. The molecule has 4 heteroatoms. The Bertz CT molecular complexity index is 3060. The van der Waals surface area contributed by atoms with Gasteiger partial charge in [0.05, 0.1) is 20.6 Å². The summed E-state index contributed by atoms with van der Waals surface area (Å²) < 4.78 is 3.75. The minimum atomic E-state index is 1.05. The lowest BCUT2D eigenvalue weighted by Crippen LogP contribution is -2.10. The molecule has 0 saturated heterocycles. The summed E-state index contributed by atoms with van der Waals surface area (Å²) in [6, 6.07) is 70.4. The van der Waals surface area contributed by atoms with Crippen LogP contribution >= 0.6 is 22.7 Å². The summed E-state index contributed by atoms with van der Waals surface area (Å²) in [5.41, 5.74) is 10.5. The smallest absolute Gasteiger partial charge is 0.124 e. The average molecular weight is 737 g/mol. The Kier molecular flexibility index (Phi) is 7.58. The molecule has 2 heterocycles. The van der Waals surface area contributed by atoms with E-state index in [2.05, 4.69) is 199 Å². The molecule has 0 amide bonds. The van der Waals surface area contributed by atoms with Crippen LogP contribution in [0, 0.1) is 0 Å². The van der Waals surface area contributed by atoms with Crippen molar-refractivity contribution in [2.75, 3.05) is 4.90 Å². The third-order valence-electron chi connectivity index (χ3n) is 10.7. The lowest BCUT2D eigenvalue weighted by atomic mass is 9.97. The maximum Gasteiger partial charge on any atom is 0.124 e. The number of aromatic nitrogens is 1. The monoisotopic (exact) mass is 736 g/mol. The number of benzene rings is 9. The summed E-state index contributed by atoms with van der Waals surface area (Å²) in [6.45, 7) is 0. The zero-order valence-electron chi connectivity index (χ0n) is 29.7. The Morgan fingerprint density at radius 1 is 0.382 bits per heavy atom. The van der Waals surface area contributed by atoms with E-state index in [1.54, 1.807) is 11.3 Å². The van der Waals surface area contributed by atoms with Crippen LogP contribution in [0.15, 0.2) is 194 Å². The van der Waals surface area contributed by atoms with E-state index >= 15 is 0 Å². The standard InChI is InChI=1S/C51H32N2S2/c1-2-13-37(14-3-1)51-52-46-31-45-44-21-10-22-47(50(44)54-48(45)32-49(46)55-51)53(38-27-23-35(24-28-38)42-19-8-15-33-11-4-6-17-40(33)42)39-29-25-36(26-30-39)43-20-9-16-34-12-5-7-18-41(34)43/h1-32H. The van der Waals surface area contributed by atoms with E-state index in [9.17, 15) is 0 Å². The number of fused-ring (bicyclic) bond motifs is 6. The molecule has 55 heavy (non-hydrogen) atoms. The van der Waals surface area contributed by atoms with Crippen molar-refractivity contribution in [1.29, 1.82) is 0 Å². The van der Waals surface area contributed by atoms with E-state index in [1.165, 1.54) is 68.7 Å². The fourth-order valence-electron chi connectivity index (χ4n) is 8.05. The first kappa shape index (κ1) is 31.9. The van der Waals surface area contributed by atoms with Gasteiger partial charge in [0.15, 0.2) is 0 Å². The minimum Gasteiger partial charge on any atom is -0.309 e. The van der Waals surface area contributed by atoms with E-state index in [4.69, 9.17) is 4.98 Å². The molecule has 0 saturated carbocycles. The normalized spacial score (nSPS) is 11.6. The van der Waals surface area contributed by atoms with Gasteiger partial charge in [0, 0.05) is 32.4 Å². The average Bonchev–Trinajstić information content (AvgIpc) is 3.84. The molecule has 0 fully saturated rings. The van der Waals surface area contributed by atoms with Crippen molar-refractivity contribution in [3.8, 4) is 32.8 Å². The van der Waals surface area contributed by atoms with Gasteiger partial charge in [-0.25, -0.2) is 4.98 Å². The predicted octanol–water partition coefficient (Wildman–Crippen LogP) is 15.4. The quantitative estimate of drug-likeness (QED) is 0.169. The van der Waals surface area contributed by atoms with Gasteiger partial charge in [-0.2, -0.15) is 0 Å². The highest BCUT2D eigenvalue weighted by atomic mass is 32.1. The van der Waals surface area contributed by atoms with Crippen LogP contribution in [0.25, 0.3) is 84.8 Å². The summed E-state index contributed by atoms with van der Waals surface area (Å²) in [5.74, 6) is 0. The van der Waals surface area contributed by atoms with Gasteiger partial charge in [-0.1, -0.05) is 152 Å². The molecule has 0 aliphatic rings. The maximum atomic E-state index is 5.09. The molecule has 0 aliphatic heterocycles. The van der Waals surface area contributed by atoms with Crippen molar-refractivity contribution < 1.29 is 0 Å². The maximum absolute atomic E-state index is 5.09. The summed E-state index contributed by atoms with van der Waals surface area (Å²) in [7, 11) is 0. The van der Waals surface area contributed by atoms with Crippen LogP contribution in [0.1, 0.15) is 0 Å². The molecule has 0 aliphatic carbocycles. The second kappa shape index (κ2) is 13.1. The molecule has 2 nitrogen and oxygen atoms in total. The number of thiophene rings is 1. The molecule has 11 aromatic rings. The van der Waals surface area contributed by atoms with Gasteiger partial charge in [-0.3, -0.25) is 0 Å². The molecule has 0 unspecified atom stereocenters. The van der Waals surface area contributed by atoms with E-state index in [-0.39, 0.29) is 0 Å². The lowest BCUT2D eigenvalue weighted by Gasteiger charge is -2.26. The minimum absolute atomic E-state index is 1.05. The van der Waals surface area contributed by atoms with E-state index in [0.29, 0.717) is 0 Å². The molecule has 0 atom stereocenters. The van der Waals surface area contributed by atoms with Crippen LogP contribution in [-0.2, 0) is 0 Å². The van der Waals surface area contributed by atoms with Crippen LogP contribution in [0.4, 0.5) is 17.1 Å². The molecule has 258 valence electrons. The van der Waals surface area contributed by atoms with Gasteiger partial charge in [0.25, 0.3) is 0 Å². The Morgan fingerprint density at radius 3 is 1.56 bits per heavy atom. The second-order valence-electron chi connectivity index (χ2n) is 13.9. The van der Waals surface area contributed by atoms with Gasteiger partial charge in [-0.15, -0.1) is 22.7 Å². The van der Waals surface area contributed by atoms with E-state index in [0.717, 1.165) is 33.1 Å². The van der Waals surface area contributed by atoms with Crippen molar-refractivity contribution in [3.05, 3.63) is 194 Å². The van der Waals surface area contributed by atoms with Crippen LogP contribution in [-0.4, -0.2) is 4.98 Å². The summed E-state index contributed by atoms with van der Waals surface area (Å²) in [6.07, 6.45) is 0. The van der Waals surface area contributed by atoms with E-state index < -0.39 is 0 Å². The molecule has 0 N–H and O–H groups in total. The van der Waals surface area contributed by atoms with Gasteiger partial charge < -0.3 is 4.90 Å². The summed E-state index contributed by atoms with van der Waals surface area (Å²) in [4.78, 5) is 7.51. The largest absolute Gasteiger partial charge is 0.309 e. The zero-order valence-corrected chi connectivity index (χ0v) is 31.3. The number of rotatable bonds is 6. The molecule has 2 aromatic heterocycles. The third kappa shape index (κ3) is 5.49. The lowest BCUT2D eigenvalue weighted by molar-refractivity contribution is 1.30. The van der Waals surface area contributed by atoms with Crippen molar-refractivity contribution >= 4 is 91.7 Å². The first-order valence-corrected chi connectivity index (χ1v) is 20.2. The van der Waals surface area contributed by atoms with Crippen LogP contribution in [0.2, 0.25) is 0 Å². The topological polar surface area (TPSA) is 16.1 Å². The summed E-state index contributed by atoms with van der Waals surface area (Å²) in [5, 5.41) is 8.58. The highest BCUT2D eigenvalue weighted by molar-refractivity contribution is 7.27. The molecule has 11 rings (SSSR count). The highest BCUT2D eigenvalue weighted by Gasteiger charge is 2.20. The van der Waals surface area contributed by atoms with Crippen molar-refractivity contribution in [2.45, 2.75) is 0 Å². The Balaban J connectivity index is 1.06. The molecule has 0 radical (unpaired) electrons. The fourth-order valence-corrected chi connectivity index (χ4v) is 10.3. The zero-order chi connectivity index (χ0) is 36.3. The predicted molar refractivity (Wildman–Crippen MR) is 239 cm³/mol. The fraction of sp³-hybridized carbons (Fsp3) is 0. The number of thiazole rings is 1. The van der Waals surface area contributed by atoms with Gasteiger partial charge in [0.1, 0.15) is 5.01 Å². The van der Waals surface area contributed by atoms with Gasteiger partial charge in [0.2, 0.25) is 0 Å². The van der Waals surface area contributed by atoms with Crippen LogP contribution < -0.4 is 4.90 Å². The van der Waals surface area contributed by atoms with Crippen molar-refractivity contribution in [3.63, 3.8) is 0 Å². The van der Waals surface area contributed by atoms with Gasteiger partial charge >= 0.3 is 0 Å². The molecular formula is C51H32N2S2. The van der Waals surface area contributed by atoms with Crippen LogP contribution in [0.5, 0.6) is 0 Å². The molecule has 0 bridgehead atoms. The number of anilines is 3. The number of hydrogen-bond acceptors (Lipinski definition) is 4. The molecule has 0 spiro atoms. The third-order valence-corrected chi connectivity index (χ3v) is 13.0. The Labute approximate surface area is 326 Å². The summed E-state index contributed by atoms with van der Waals surface area (Å²) >= 11 is 3.63.